The van der Waals surface area contributed by atoms with Crippen molar-refractivity contribution in [2.75, 3.05) is 11.6 Å². The second-order valence-electron chi connectivity index (χ2n) is 8.14. The zero-order chi connectivity index (χ0) is 22.9. The highest BCUT2D eigenvalue weighted by Gasteiger charge is 2.43. The smallest absolute Gasteiger partial charge is 0.229 e. The van der Waals surface area contributed by atoms with Gasteiger partial charge < -0.3 is 9.88 Å². The third kappa shape index (κ3) is 4.28. The molecule has 2 aromatic heterocycles. The maximum atomic E-state index is 13.5. The molecular formula is C26H23FN4OS. The Bertz CT molecular complexity index is 1300. The van der Waals surface area contributed by atoms with E-state index in [1.165, 1.54) is 17.7 Å². The molecule has 0 radical (unpaired) electrons. The lowest BCUT2D eigenvalue weighted by Crippen LogP contribution is -2.15. The number of amides is 1. The molecule has 0 aliphatic heterocycles. The van der Waals surface area contributed by atoms with Crippen molar-refractivity contribution in [2.24, 2.45) is 13.0 Å². The van der Waals surface area contributed by atoms with Crippen LogP contribution in [0.25, 0.3) is 22.5 Å². The predicted octanol–water partition coefficient (Wildman–Crippen LogP) is 5.75. The first-order valence-electron chi connectivity index (χ1n) is 10.7. The molecule has 1 fully saturated rings. The summed E-state index contributed by atoms with van der Waals surface area (Å²) in [5, 5.41) is 3.83. The van der Waals surface area contributed by atoms with E-state index in [0.29, 0.717) is 5.82 Å². The van der Waals surface area contributed by atoms with E-state index in [0.717, 1.165) is 34.1 Å². The van der Waals surface area contributed by atoms with E-state index >= 15 is 0 Å². The number of hydrogen-bond acceptors (Lipinski definition) is 4. The largest absolute Gasteiger partial charge is 0.322 e. The van der Waals surface area contributed by atoms with Gasteiger partial charge in [-0.2, -0.15) is 0 Å². The Morgan fingerprint density at radius 3 is 2.58 bits per heavy atom. The van der Waals surface area contributed by atoms with Crippen LogP contribution in [0.15, 0.2) is 78.1 Å². The van der Waals surface area contributed by atoms with Gasteiger partial charge in [-0.25, -0.2) is 14.4 Å². The maximum absolute atomic E-state index is 13.5. The predicted molar refractivity (Wildman–Crippen MR) is 130 cm³/mol. The topological polar surface area (TPSA) is 59.8 Å². The summed E-state index contributed by atoms with van der Waals surface area (Å²) in [5.41, 5.74) is 4.55. The average molecular weight is 459 g/mol. The van der Waals surface area contributed by atoms with Gasteiger partial charge in [-0.05, 0) is 60.6 Å². The summed E-state index contributed by atoms with van der Waals surface area (Å²) in [7, 11) is 1.95. The van der Waals surface area contributed by atoms with Gasteiger partial charge in [0.25, 0.3) is 0 Å². The number of nitrogens with zero attached hydrogens (tertiary/aromatic N) is 3. The minimum Gasteiger partial charge on any atom is -0.322 e. The quantitative estimate of drug-likeness (QED) is 0.374. The zero-order valence-corrected chi connectivity index (χ0v) is 19.1. The number of benzene rings is 2. The van der Waals surface area contributed by atoms with E-state index in [1.807, 2.05) is 48.2 Å². The van der Waals surface area contributed by atoms with Gasteiger partial charge in [-0.1, -0.05) is 42.1 Å². The van der Waals surface area contributed by atoms with Crippen molar-refractivity contribution in [3.63, 3.8) is 0 Å². The second-order valence-corrected chi connectivity index (χ2v) is 8.91. The van der Waals surface area contributed by atoms with Crippen molar-refractivity contribution >= 4 is 23.5 Å². The lowest BCUT2D eigenvalue weighted by molar-refractivity contribution is -0.117. The summed E-state index contributed by atoms with van der Waals surface area (Å²) in [4.78, 5) is 22.0. The number of nitrogens with one attached hydrogen (secondary N) is 1. The Labute approximate surface area is 196 Å². The number of anilines is 1. The SMILES string of the molecule is CSc1nc(-c2ccc(F)cc2)c(-c2ccnc(NC(=O)C3CC3c3ccccc3)c2)n1C. The van der Waals surface area contributed by atoms with E-state index in [2.05, 4.69) is 22.4 Å². The van der Waals surface area contributed by atoms with Crippen molar-refractivity contribution in [3.8, 4) is 22.5 Å². The van der Waals surface area contributed by atoms with E-state index in [-0.39, 0.29) is 23.6 Å². The molecule has 0 spiro atoms. The van der Waals surface area contributed by atoms with Crippen molar-refractivity contribution in [2.45, 2.75) is 17.5 Å². The minimum absolute atomic E-state index is 0.0120. The number of pyridine rings is 1. The van der Waals surface area contributed by atoms with E-state index in [9.17, 15) is 9.18 Å². The van der Waals surface area contributed by atoms with Crippen LogP contribution in [-0.2, 0) is 11.8 Å². The van der Waals surface area contributed by atoms with Crippen LogP contribution >= 0.6 is 11.8 Å². The summed E-state index contributed by atoms with van der Waals surface area (Å²) in [6, 6.07) is 20.2. The highest BCUT2D eigenvalue weighted by atomic mass is 32.2. The molecular weight excluding hydrogens is 435 g/mol. The van der Waals surface area contributed by atoms with E-state index in [1.54, 1.807) is 30.1 Å². The molecule has 1 aliphatic carbocycles. The van der Waals surface area contributed by atoms with Gasteiger partial charge in [0, 0.05) is 30.3 Å². The summed E-state index contributed by atoms with van der Waals surface area (Å²) >= 11 is 1.54. The fourth-order valence-corrected chi connectivity index (χ4v) is 4.77. The number of thioether (sulfide) groups is 1. The number of carbonyl (C=O) groups is 1. The van der Waals surface area contributed by atoms with Gasteiger partial charge in [0.05, 0.1) is 11.4 Å². The first kappa shape index (κ1) is 21.4. The van der Waals surface area contributed by atoms with Crippen LogP contribution in [0.4, 0.5) is 10.2 Å². The first-order valence-corrected chi connectivity index (χ1v) is 12.0. The van der Waals surface area contributed by atoms with Crippen LogP contribution in [0.3, 0.4) is 0 Å². The molecule has 0 bridgehead atoms. The fraction of sp³-hybridized carbons (Fsp3) is 0.192. The monoisotopic (exact) mass is 458 g/mol. The Hall–Kier alpha value is -3.45. The molecule has 1 aliphatic rings. The molecule has 2 aromatic carbocycles. The molecule has 0 saturated heterocycles. The third-order valence-corrected chi connectivity index (χ3v) is 6.72. The van der Waals surface area contributed by atoms with Gasteiger partial charge in [-0.3, -0.25) is 4.79 Å². The minimum atomic E-state index is -0.288. The Morgan fingerprint density at radius 1 is 1.09 bits per heavy atom. The van der Waals surface area contributed by atoms with Gasteiger partial charge in [0.15, 0.2) is 5.16 Å². The zero-order valence-electron chi connectivity index (χ0n) is 18.3. The Kier molecular flexibility index (Phi) is 5.72. The molecule has 5 rings (SSSR count). The Balaban J connectivity index is 1.42. The van der Waals surface area contributed by atoms with E-state index < -0.39 is 0 Å². The molecule has 7 heteroatoms. The number of imidazole rings is 1. The highest BCUT2D eigenvalue weighted by molar-refractivity contribution is 7.98. The number of aromatic nitrogens is 3. The van der Waals surface area contributed by atoms with Crippen molar-refractivity contribution < 1.29 is 9.18 Å². The summed E-state index contributed by atoms with van der Waals surface area (Å²) in [6.45, 7) is 0. The number of hydrogen-bond donors (Lipinski definition) is 1. The molecule has 2 atom stereocenters. The van der Waals surface area contributed by atoms with Crippen LogP contribution < -0.4 is 5.32 Å². The van der Waals surface area contributed by atoms with Gasteiger partial charge >= 0.3 is 0 Å². The summed E-state index contributed by atoms with van der Waals surface area (Å²) < 4.78 is 15.5. The first-order chi connectivity index (χ1) is 16.0. The van der Waals surface area contributed by atoms with Crippen LogP contribution in [-0.4, -0.2) is 26.7 Å². The molecule has 2 unspecified atom stereocenters. The molecule has 1 N–H and O–H groups in total. The van der Waals surface area contributed by atoms with Gasteiger partial charge in [-0.15, -0.1) is 0 Å². The number of halogens is 1. The number of carbonyl (C=O) groups excluding carboxylic acids is 1. The van der Waals surface area contributed by atoms with Crippen molar-refractivity contribution in [3.05, 3.63) is 84.3 Å². The van der Waals surface area contributed by atoms with E-state index in [4.69, 9.17) is 4.98 Å². The van der Waals surface area contributed by atoms with Crippen LogP contribution in [0.5, 0.6) is 0 Å². The van der Waals surface area contributed by atoms with Crippen LogP contribution in [0, 0.1) is 11.7 Å². The summed E-state index contributed by atoms with van der Waals surface area (Å²) in [5.74, 6) is 0.437. The lowest BCUT2D eigenvalue weighted by Gasteiger charge is -2.10. The molecule has 1 saturated carbocycles. The van der Waals surface area contributed by atoms with Crippen molar-refractivity contribution in [1.82, 2.24) is 14.5 Å². The van der Waals surface area contributed by atoms with Crippen molar-refractivity contribution in [1.29, 1.82) is 0 Å². The normalized spacial score (nSPS) is 17.1. The van der Waals surface area contributed by atoms with Gasteiger partial charge in [0.2, 0.25) is 5.91 Å². The molecule has 2 heterocycles. The molecule has 33 heavy (non-hydrogen) atoms. The molecule has 1 amide bonds. The van der Waals surface area contributed by atoms with Gasteiger partial charge in [0.1, 0.15) is 11.6 Å². The van der Waals surface area contributed by atoms with Crippen LogP contribution in [0.1, 0.15) is 17.9 Å². The second kappa shape index (κ2) is 8.83. The molecule has 166 valence electrons. The average Bonchev–Trinajstić information content (AvgIpc) is 3.57. The third-order valence-electron chi connectivity index (χ3n) is 5.99. The Morgan fingerprint density at radius 2 is 1.85 bits per heavy atom. The standard InChI is InChI=1S/C26H23FN4OS/c1-31-24(23(30-26(31)33-2)17-8-10-19(27)11-9-17)18-12-13-28-22(14-18)29-25(32)21-15-20(21)16-6-4-3-5-7-16/h3-14,20-21H,15H2,1-2H3,(H,28,29,32). The molecule has 4 aromatic rings. The highest BCUT2D eigenvalue weighted by Crippen LogP contribution is 2.48. The van der Waals surface area contributed by atoms with Crippen LogP contribution in [0.2, 0.25) is 0 Å². The fourth-order valence-electron chi connectivity index (χ4n) is 4.22. The lowest BCUT2D eigenvalue weighted by atomic mass is 10.1. The summed E-state index contributed by atoms with van der Waals surface area (Å²) in [6.07, 6.45) is 4.51. The maximum Gasteiger partial charge on any atom is 0.229 e. The number of rotatable bonds is 6. The molecule has 5 nitrogen and oxygen atoms in total.